The first-order valence-corrected chi connectivity index (χ1v) is 8.38. The number of aryl methyl sites for hydroxylation is 1. The van der Waals surface area contributed by atoms with Crippen LogP contribution in [0.15, 0.2) is 30.7 Å². The third-order valence-electron chi connectivity index (χ3n) is 4.08. The highest BCUT2D eigenvalue weighted by Gasteiger charge is 2.17. The minimum Gasteiger partial charge on any atom is -0.379 e. The summed E-state index contributed by atoms with van der Waals surface area (Å²) >= 11 is 0. The average Bonchev–Trinajstić information content (AvgIpc) is 3.31. The van der Waals surface area contributed by atoms with Crippen molar-refractivity contribution in [3.63, 3.8) is 0 Å². The molecule has 3 heterocycles. The van der Waals surface area contributed by atoms with Crippen LogP contribution >= 0.6 is 0 Å². The Balaban J connectivity index is 1.42. The molecule has 130 valence electrons. The number of carbonyl (C=O) groups excluding carboxylic acids is 1. The van der Waals surface area contributed by atoms with E-state index in [9.17, 15) is 4.79 Å². The van der Waals surface area contributed by atoms with E-state index in [1.807, 2.05) is 36.1 Å². The van der Waals surface area contributed by atoms with Gasteiger partial charge in [0.25, 0.3) is 5.91 Å². The van der Waals surface area contributed by atoms with Crippen molar-refractivity contribution in [3.8, 4) is 5.82 Å². The highest BCUT2D eigenvalue weighted by atomic mass is 16.5. The summed E-state index contributed by atoms with van der Waals surface area (Å²) in [5.41, 5.74) is 0.564. The van der Waals surface area contributed by atoms with Crippen LogP contribution in [0, 0.1) is 0 Å². The molecule has 7 nitrogen and oxygen atoms in total. The molecule has 24 heavy (non-hydrogen) atoms. The maximum Gasteiger partial charge on any atom is 0.256 e. The molecule has 3 rings (SSSR count). The Kier molecular flexibility index (Phi) is 5.66. The lowest BCUT2D eigenvalue weighted by molar-refractivity contribution is 0.0166. The number of aromatic nitrogens is 3. The van der Waals surface area contributed by atoms with Gasteiger partial charge >= 0.3 is 0 Å². The molecule has 0 aromatic carbocycles. The van der Waals surface area contributed by atoms with Crippen molar-refractivity contribution in [2.45, 2.75) is 25.4 Å². The van der Waals surface area contributed by atoms with Crippen LogP contribution in [0.5, 0.6) is 0 Å². The first kappa shape index (κ1) is 16.7. The Labute approximate surface area is 141 Å². The number of nitrogens with one attached hydrogen (secondary N) is 1. The van der Waals surface area contributed by atoms with Crippen molar-refractivity contribution >= 4 is 5.91 Å². The van der Waals surface area contributed by atoms with E-state index in [-0.39, 0.29) is 12.0 Å². The molecule has 1 saturated heterocycles. The Morgan fingerprint density at radius 2 is 2.29 bits per heavy atom. The van der Waals surface area contributed by atoms with Crippen molar-refractivity contribution in [2.24, 2.45) is 7.05 Å². The van der Waals surface area contributed by atoms with Gasteiger partial charge in [0.05, 0.1) is 18.9 Å². The van der Waals surface area contributed by atoms with Gasteiger partial charge in [-0.25, -0.2) is 0 Å². The second kappa shape index (κ2) is 8.12. The molecule has 0 saturated carbocycles. The molecule has 1 amide bonds. The second-order valence-corrected chi connectivity index (χ2v) is 5.92. The summed E-state index contributed by atoms with van der Waals surface area (Å²) in [6.07, 6.45) is 8.62. The number of nitrogens with zero attached hydrogens (tertiary/aromatic N) is 3. The number of amides is 1. The normalized spacial score (nSPS) is 17.3. The lowest BCUT2D eigenvalue weighted by Gasteiger charge is -2.11. The van der Waals surface area contributed by atoms with E-state index in [4.69, 9.17) is 9.47 Å². The molecule has 0 radical (unpaired) electrons. The minimum atomic E-state index is -0.120. The number of ether oxygens (including phenoxy) is 2. The largest absolute Gasteiger partial charge is 0.379 e. The summed E-state index contributed by atoms with van der Waals surface area (Å²) in [6.45, 7) is 2.69. The van der Waals surface area contributed by atoms with E-state index >= 15 is 0 Å². The van der Waals surface area contributed by atoms with Crippen molar-refractivity contribution in [2.75, 3.05) is 26.4 Å². The quantitative estimate of drug-likeness (QED) is 0.744. The maximum absolute atomic E-state index is 12.4. The van der Waals surface area contributed by atoms with Crippen LogP contribution in [0.4, 0.5) is 0 Å². The third kappa shape index (κ3) is 4.04. The molecule has 1 aliphatic rings. The van der Waals surface area contributed by atoms with E-state index in [2.05, 4.69) is 10.4 Å². The van der Waals surface area contributed by atoms with Crippen LogP contribution in [-0.4, -0.2) is 52.7 Å². The lowest BCUT2D eigenvalue weighted by atomic mass is 10.2. The van der Waals surface area contributed by atoms with Crippen molar-refractivity contribution in [3.05, 3.63) is 36.3 Å². The van der Waals surface area contributed by atoms with Crippen LogP contribution in [0.3, 0.4) is 0 Å². The van der Waals surface area contributed by atoms with Gasteiger partial charge in [-0.1, -0.05) is 0 Å². The second-order valence-electron chi connectivity index (χ2n) is 5.92. The van der Waals surface area contributed by atoms with Gasteiger partial charge in [0.1, 0.15) is 11.4 Å². The van der Waals surface area contributed by atoms with Crippen LogP contribution in [0.2, 0.25) is 0 Å². The summed E-state index contributed by atoms with van der Waals surface area (Å²) in [4.78, 5) is 12.4. The van der Waals surface area contributed by atoms with E-state index in [0.29, 0.717) is 25.3 Å². The highest BCUT2D eigenvalue weighted by Crippen LogP contribution is 2.14. The van der Waals surface area contributed by atoms with Gasteiger partial charge in [0.15, 0.2) is 0 Å². The molecule has 0 bridgehead atoms. The topological polar surface area (TPSA) is 70.3 Å². The van der Waals surface area contributed by atoms with Gasteiger partial charge in [0, 0.05) is 39.2 Å². The molecule has 1 N–H and O–H groups in total. The fourth-order valence-electron chi connectivity index (χ4n) is 2.84. The molecule has 7 heteroatoms. The Morgan fingerprint density at radius 1 is 1.46 bits per heavy atom. The molecule has 2 aromatic heterocycles. The summed E-state index contributed by atoms with van der Waals surface area (Å²) < 4.78 is 14.7. The summed E-state index contributed by atoms with van der Waals surface area (Å²) in [6, 6.07) is 3.83. The van der Waals surface area contributed by atoms with E-state index < -0.39 is 0 Å². The number of hydrogen-bond donors (Lipinski definition) is 1. The number of hydrogen-bond acceptors (Lipinski definition) is 4. The summed E-state index contributed by atoms with van der Waals surface area (Å²) in [5.74, 6) is 0.637. The van der Waals surface area contributed by atoms with Crippen LogP contribution in [0.25, 0.3) is 5.82 Å². The molecule has 1 aliphatic heterocycles. The SMILES string of the molecule is Cn1ncc(C(=O)NCCCOCC2CCCO2)c1-n1cccc1. The Bertz CT molecular complexity index is 645. The molecule has 0 spiro atoms. The van der Waals surface area contributed by atoms with Gasteiger partial charge in [-0.15, -0.1) is 0 Å². The summed E-state index contributed by atoms with van der Waals surface area (Å²) in [7, 11) is 1.82. The first-order chi connectivity index (χ1) is 11.8. The van der Waals surface area contributed by atoms with E-state index in [0.717, 1.165) is 31.7 Å². The fraction of sp³-hybridized carbons (Fsp3) is 0.529. The molecule has 1 fully saturated rings. The van der Waals surface area contributed by atoms with Crippen molar-refractivity contribution in [1.29, 1.82) is 0 Å². The van der Waals surface area contributed by atoms with E-state index in [1.165, 1.54) is 0 Å². The highest BCUT2D eigenvalue weighted by molar-refractivity contribution is 5.97. The predicted molar refractivity (Wildman–Crippen MR) is 89.3 cm³/mol. The van der Waals surface area contributed by atoms with Gasteiger partial charge in [-0.2, -0.15) is 5.10 Å². The zero-order chi connectivity index (χ0) is 16.8. The molecule has 0 aliphatic carbocycles. The Morgan fingerprint density at radius 3 is 3.04 bits per heavy atom. The van der Waals surface area contributed by atoms with Crippen molar-refractivity contribution in [1.82, 2.24) is 19.7 Å². The third-order valence-corrected chi connectivity index (χ3v) is 4.08. The van der Waals surface area contributed by atoms with E-state index in [1.54, 1.807) is 10.9 Å². The standard InChI is InChI=1S/C17H24N4O3/c1-20-17(21-8-2-3-9-21)15(12-19-20)16(22)18-7-5-10-23-13-14-6-4-11-24-14/h2-3,8-9,12,14H,4-7,10-11,13H2,1H3,(H,18,22). The number of carbonyl (C=O) groups is 1. The van der Waals surface area contributed by atoms with Gasteiger partial charge in [0.2, 0.25) is 0 Å². The number of rotatable bonds is 8. The molecular weight excluding hydrogens is 308 g/mol. The van der Waals surface area contributed by atoms with Gasteiger partial charge < -0.3 is 19.4 Å². The van der Waals surface area contributed by atoms with Crippen LogP contribution < -0.4 is 5.32 Å². The smallest absolute Gasteiger partial charge is 0.256 e. The van der Waals surface area contributed by atoms with Gasteiger partial charge in [-0.05, 0) is 31.4 Å². The predicted octanol–water partition coefficient (Wildman–Crippen LogP) is 1.53. The molecule has 1 atom stereocenters. The average molecular weight is 332 g/mol. The first-order valence-electron chi connectivity index (χ1n) is 8.38. The molecule has 2 aromatic rings. The van der Waals surface area contributed by atoms with Crippen molar-refractivity contribution < 1.29 is 14.3 Å². The molecule has 1 unspecified atom stereocenters. The lowest BCUT2D eigenvalue weighted by Crippen LogP contribution is -2.26. The Hall–Kier alpha value is -2.12. The fourth-order valence-corrected chi connectivity index (χ4v) is 2.84. The van der Waals surface area contributed by atoms with Crippen LogP contribution in [0.1, 0.15) is 29.6 Å². The monoisotopic (exact) mass is 332 g/mol. The summed E-state index contributed by atoms with van der Waals surface area (Å²) in [5, 5.41) is 7.12. The van der Waals surface area contributed by atoms with Gasteiger partial charge in [-0.3, -0.25) is 9.48 Å². The maximum atomic E-state index is 12.4. The zero-order valence-corrected chi connectivity index (χ0v) is 14.0. The zero-order valence-electron chi connectivity index (χ0n) is 14.0. The molecular formula is C17H24N4O3. The minimum absolute atomic E-state index is 0.120. The van der Waals surface area contributed by atoms with Crippen LogP contribution in [-0.2, 0) is 16.5 Å².